The summed E-state index contributed by atoms with van der Waals surface area (Å²) < 4.78 is 0. The number of carbonyl (C=O) groups excluding carboxylic acids is 1. The number of aromatic nitrogens is 2. The maximum absolute atomic E-state index is 12.3. The molecule has 1 aromatic carbocycles. The molecular formula is C17H15N3O2. The van der Waals surface area contributed by atoms with Gasteiger partial charge in [0.1, 0.15) is 0 Å². The number of aliphatic hydroxyl groups is 1. The Labute approximate surface area is 127 Å². The van der Waals surface area contributed by atoms with E-state index in [0.29, 0.717) is 17.0 Å². The van der Waals surface area contributed by atoms with Crippen molar-refractivity contribution in [2.75, 3.05) is 13.2 Å². The molecule has 0 aliphatic rings. The van der Waals surface area contributed by atoms with E-state index in [-0.39, 0.29) is 19.1 Å². The average molecular weight is 293 g/mol. The number of para-hydroxylation sites is 1. The number of rotatable bonds is 4. The highest BCUT2D eigenvalue weighted by atomic mass is 16.3. The molecule has 0 saturated carbocycles. The Hall–Kier alpha value is -2.79. The lowest BCUT2D eigenvalue weighted by molar-refractivity contribution is 0.0946. The van der Waals surface area contributed by atoms with E-state index in [0.717, 1.165) is 10.9 Å². The highest BCUT2D eigenvalue weighted by Gasteiger charge is 2.13. The van der Waals surface area contributed by atoms with Crippen molar-refractivity contribution < 1.29 is 9.90 Å². The third-order valence-corrected chi connectivity index (χ3v) is 3.29. The maximum Gasteiger partial charge on any atom is 0.252 e. The largest absolute Gasteiger partial charge is 0.395 e. The normalized spacial score (nSPS) is 10.6. The summed E-state index contributed by atoms with van der Waals surface area (Å²) in [5, 5.41) is 12.3. The summed E-state index contributed by atoms with van der Waals surface area (Å²) in [5.74, 6) is -0.232. The third-order valence-electron chi connectivity index (χ3n) is 3.29. The Bertz CT molecular complexity index is 803. The summed E-state index contributed by atoms with van der Waals surface area (Å²) in [5.41, 5.74) is 2.62. The van der Waals surface area contributed by atoms with Crippen LogP contribution in [0.15, 0.2) is 54.7 Å². The van der Waals surface area contributed by atoms with Crippen LogP contribution in [0.3, 0.4) is 0 Å². The second-order valence-electron chi connectivity index (χ2n) is 4.77. The zero-order valence-electron chi connectivity index (χ0n) is 11.9. The fourth-order valence-electron chi connectivity index (χ4n) is 2.27. The molecule has 3 rings (SSSR count). The van der Waals surface area contributed by atoms with Crippen molar-refractivity contribution >= 4 is 16.8 Å². The van der Waals surface area contributed by atoms with Crippen LogP contribution in [0.5, 0.6) is 0 Å². The van der Waals surface area contributed by atoms with Crippen LogP contribution in [-0.2, 0) is 0 Å². The quantitative estimate of drug-likeness (QED) is 0.771. The first-order valence-electron chi connectivity index (χ1n) is 7.00. The van der Waals surface area contributed by atoms with Crippen molar-refractivity contribution in [2.45, 2.75) is 0 Å². The number of aliphatic hydroxyl groups excluding tert-OH is 1. The minimum absolute atomic E-state index is 0.0954. The van der Waals surface area contributed by atoms with Crippen molar-refractivity contribution in [1.29, 1.82) is 0 Å². The van der Waals surface area contributed by atoms with E-state index in [1.807, 2.05) is 42.5 Å². The minimum Gasteiger partial charge on any atom is -0.395 e. The monoisotopic (exact) mass is 293 g/mol. The van der Waals surface area contributed by atoms with E-state index < -0.39 is 0 Å². The Morgan fingerprint density at radius 3 is 2.68 bits per heavy atom. The summed E-state index contributed by atoms with van der Waals surface area (Å²) in [6, 6.07) is 14.8. The average Bonchev–Trinajstić information content (AvgIpc) is 2.59. The summed E-state index contributed by atoms with van der Waals surface area (Å²) in [4.78, 5) is 21.2. The van der Waals surface area contributed by atoms with Gasteiger partial charge in [-0.2, -0.15) is 0 Å². The SMILES string of the molecule is O=C(NCCO)c1cc(-c2ccccn2)nc2ccccc12. The molecule has 22 heavy (non-hydrogen) atoms. The minimum atomic E-state index is -0.232. The summed E-state index contributed by atoms with van der Waals surface area (Å²) in [6.07, 6.45) is 1.69. The van der Waals surface area contributed by atoms with Crippen molar-refractivity contribution in [3.05, 3.63) is 60.3 Å². The lowest BCUT2D eigenvalue weighted by Crippen LogP contribution is -2.26. The molecule has 0 aliphatic heterocycles. The van der Waals surface area contributed by atoms with Gasteiger partial charge in [0.25, 0.3) is 5.91 Å². The van der Waals surface area contributed by atoms with Gasteiger partial charge >= 0.3 is 0 Å². The van der Waals surface area contributed by atoms with E-state index in [1.54, 1.807) is 12.3 Å². The molecule has 0 aliphatic carbocycles. The number of fused-ring (bicyclic) bond motifs is 1. The van der Waals surface area contributed by atoms with E-state index >= 15 is 0 Å². The van der Waals surface area contributed by atoms with E-state index in [1.165, 1.54) is 0 Å². The molecule has 2 aromatic heterocycles. The van der Waals surface area contributed by atoms with Crippen LogP contribution >= 0.6 is 0 Å². The molecule has 2 N–H and O–H groups in total. The van der Waals surface area contributed by atoms with Gasteiger partial charge in [0.05, 0.1) is 29.1 Å². The smallest absolute Gasteiger partial charge is 0.252 e. The van der Waals surface area contributed by atoms with E-state index in [4.69, 9.17) is 5.11 Å². The van der Waals surface area contributed by atoms with Crippen LogP contribution < -0.4 is 5.32 Å². The van der Waals surface area contributed by atoms with Crippen molar-refractivity contribution in [3.63, 3.8) is 0 Å². The standard InChI is InChI=1S/C17H15N3O2/c21-10-9-19-17(22)13-11-16(15-7-3-4-8-18-15)20-14-6-2-1-5-12(13)14/h1-8,11,21H,9-10H2,(H,19,22). The number of nitrogens with one attached hydrogen (secondary N) is 1. The molecule has 3 aromatic rings. The van der Waals surface area contributed by atoms with Gasteiger partial charge < -0.3 is 10.4 Å². The molecule has 0 bridgehead atoms. The van der Waals surface area contributed by atoms with Crippen molar-refractivity contribution in [3.8, 4) is 11.4 Å². The number of hydrogen-bond donors (Lipinski definition) is 2. The summed E-state index contributed by atoms with van der Waals surface area (Å²) >= 11 is 0. The number of amides is 1. The van der Waals surface area contributed by atoms with E-state index in [2.05, 4.69) is 15.3 Å². The van der Waals surface area contributed by atoms with E-state index in [9.17, 15) is 4.79 Å². The van der Waals surface area contributed by atoms with Crippen LogP contribution in [0.25, 0.3) is 22.3 Å². The number of nitrogens with zero attached hydrogens (tertiary/aromatic N) is 2. The Morgan fingerprint density at radius 1 is 1.09 bits per heavy atom. The fourth-order valence-corrected chi connectivity index (χ4v) is 2.27. The Balaban J connectivity index is 2.14. The number of pyridine rings is 2. The molecule has 0 spiro atoms. The molecular weight excluding hydrogens is 278 g/mol. The fraction of sp³-hybridized carbons (Fsp3) is 0.118. The molecule has 5 nitrogen and oxygen atoms in total. The Kier molecular flexibility index (Phi) is 4.07. The molecule has 2 heterocycles. The topological polar surface area (TPSA) is 75.1 Å². The van der Waals surface area contributed by atoms with Gasteiger partial charge in [-0.3, -0.25) is 9.78 Å². The van der Waals surface area contributed by atoms with Gasteiger partial charge in [-0.15, -0.1) is 0 Å². The predicted molar refractivity (Wildman–Crippen MR) is 84.4 cm³/mol. The highest BCUT2D eigenvalue weighted by Crippen LogP contribution is 2.23. The molecule has 0 atom stereocenters. The molecule has 1 amide bonds. The molecule has 0 fully saturated rings. The second-order valence-corrected chi connectivity index (χ2v) is 4.77. The summed E-state index contributed by atoms with van der Waals surface area (Å²) in [6.45, 7) is 0.121. The van der Waals surface area contributed by atoms with Crippen LogP contribution in [0, 0.1) is 0 Å². The highest BCUT2D eigenvalue weighted by molar-refractivity contribution is 6.07. The van der Waals surface area contributed by atoms with Gasteiger partial charge in [-0.1, -0.05) is 24.3 Å². The zero-order chi connectivity index (χ0) is 15.4. The lowest BCUT2D eigenvalue weighted by atomic mass is 10.1. The first-order valence-corrected chi connectivity index (χ1v) is 7.00. The number of benzene rings is 1. The molecule has 5 heteroatoms. The molecule has 0 saturated heterocycles. The van der Waals surface area contributed by atoms with Gasteiger partial charge in [0.15, 0.2) is 0 Å². The number of carbonyl (C=O) groups is 1. The predicted octanol–water partition coefficient (Wildman–Crippen LogP) is 2.02. The number of hydrogen-bond acceptors (Lipinski definition) is 4. The molecule has 110 valence electrons. The zero-order valence-corrected chi connectivity index (χ0v) is 11.9. The van der Waals surface area contributed by atoms with Crippen molar-refractivity contribution in [1.82, 2.24) is 15.3 Å². The van der Waals surface area contributed by atoms with Crippen LogP contribution in [-0.4, -0.2) is 34.1 Å². The first-order chi connectivity index (χ1) is 10.8. The third kappa shape index (κ3) is 2.80. The van der Waals surface area contributed by atoms with Gasteiger partial charge in [0, 0.05) is 18.1 Å². The first kappa shape index (κ1) is 14.2. The van der Waals surface area contributed by atoms with Crippen LogP contribution in [0.4, 0.5) is 0 Å². The van der Waals surface area contributed by atoms with Crippen molar-refractivity contribution in [2.24, 2.45) is 0 Å². The second kappa shape index (κ2) is 6.32. The molecule has 0 unspecified atom stereocenters. The lowest BCUT2D eigenvalue weighted by Gasteiger charge is -2.09. The molecule has 0 radical (unpaired) electrons. The van der Waals surface area contributed by atoms with Gasteiger partial charge in [0.2, 0.25) is 0 Å². The summed E-state index contributed by atoms with van der Waals surface area (Å²) in [7, 11) is 0. The van der Waals surface area contributed by atoms with Crippen LogP contribution in [0.1, 0.15) is 10.4 Å². The van der Waals surface area contributed by atoms with Crippen LogP contribution in [0.2, 0.25) is 0 Å². The maximum atomic E-state index is 12.3. The van der Waals surface area contributed by atoms with Gasteiger partial charge in [-0.25, -0.2) is 4.98 Å². The Morgan fingerprint density at radius 2 is 1.91 bits per heavy atom. The van der Waals surface area contributed by atoms with Gasteiger partial charge in [-0.05, 0) is 24.3 Å².